The van der Waals surface area contributed by atoms with Crippen LogP contribution < -0.4 is 10.1 Å². The summed E-state index contributed by atoms with van der Waals surface area (Å²) < 4.78 is 6.09. The molecule has 0 radical (unpaired) electrons. The second-order valence-electron chi connectivity index (χ2n) is 8.71. The first-order valence-electron chi connectivity index (χ1n) is 11.3. The van der Waals surface area contributed by atoms with Crippen LogP contribution in [0.2, 0.25) is 0 Å². The van der Waals surface area contributed by atoms with Gasteiger partial charge < -0.3 is 15.0 Å². The predicted octanol–water partition coefficient (Wildman–Crippen LogP) is 3.14. The first-order valence-corrected chi connectivity index (χ1v) is 11.3. The van der Waals surface area contributed by atoms with Gasteiger partial charge in [0.1, 0.15) is 17.9 Å². The first-order chi connectivity index (χ1) is 15.2. The van der Waals surface area contributed by atoms with Crippen LogP contribution in [-0.4, -0.2) is 53.5 Å². The normalized spacial score (nSPS) is 22.5. The Bertz CT molecular complexity index is 937. The summed E-state index contributed by atoms with van der Waals surface area (Å²) in [6, 6.07) is 16.4. The van der Waals surface area contributed by atoms with Gasteiger partial charge in [-0.3, -0.25) is 9.69 Å². The van der Waals surface area contributed by atoms with Crippen molar-refractivity contribution in [1.82, 2.24) is 15.1 Å². The first kappa shape index (κ1) is 20.1. The van der Waals surface area contributed by atoms with Crippen LogP contribution in [0.4, 0.5) is 4.79 Å². The fraction of sp³-hybridized carbons (Fsp3) is 0.440. The molecule has 2 aromatic rings. The zero-order valence-corrected chi connectivity index (χ0v) is 17.8. The average Bonchev–Trinajstić information content (AvgIpc) is 3.37. The Hall–Kier alpha value is -2.86. The molecule has 3 heterocycles. The van der Waals surface area contributed by atoms with Gasteiger partial charge >= 0.3 is 6.03 Å². The van der Waals surface area contributed by atoms with Crippen molar-refractivity contribution >= 4 is 11.9 Å². The molecule has 0 aromatic heterocycles. The van der Waals surface area contributed by atoms with Crippen LogP contribution in [0.15, 0.2) is 48.5 Å². The van der Waals surface area contributed by atoms with E-state index in [4.69, 9.17) is 4.74 Å². The molecule has 2 unspecified atom stereocenters. The molecule has 2 fully saturated rings. The lowest BCUT2D eigenvalue weighted by Gasteiger charge is -2.26. The highest BCUT2D eigenvalue weighted by Gasteiger charge is 2.46. The largest absolute Gasteiger partial charge is 0.489 e. The topological polar surface area (TPSA) is 61.9 Å². The highest BCUT2D eigenvalue weighted by molar-refractivity contribution is 6.04. The summed E-state index contributed by atoms with van der Waals surface area (Å²) in [7, 11) is 0. The molecule has 3 aliphatic rings. The van der Waals surface area contributed by atoms with Crippen molar-refractivity contribution in [3.63, 3.8) is 0 Å². The number of aryl methyl sites for hydroxylation is 1. The quantitative estimate of drug-likeness (QED) is 0.701. The highest BCUT2D eigenvalue weighted by Crippen LogP contribution is 2.28. The van der Waals surface area contributed by atoms with E-state index in [-0.39, 0.29) is 24.1 Å². The van der Waals surface area contributed by atoms with Gasteiger partial charge in [-0.1, -0.05) is 42.5 Å². The number of amides is 3. The van der Waals surface area contributed by atoms with Crippen molar-refractivity contribution in [3.8, 4) is 5.75 Å². The van der Waals surface area contributed by atoms with Crippen molar-refractivity contribution in [3.05, 3.63) is 65.2 Å². The van der Waals surface area contributed by atoms with Gasteiger partial charge in [0.25, 0.3) is 5.91 Å². The molecule has 31 heavy (non-hydrogen) atoms. The van der Waals surface area contributed by atoms with Crippen LogP contribution in [0.5, 0.6) is 5.75 Å². The van der Waals surface area contributed by atoms with Crippen molar-refractivity contribution in [2.45, 2.75) is 50.8 Å². The molecule has 2 saturated heterocycles. The number of ether oxygens (including phenoxy) is 1. The zero-order valence-electron chi connectivity index (χ0n) is 17.8. The molecule has 2 aromatic carbocycles. The van der Waals surface area contributed by atoms with Crippen molar-refractivity contribution in [2.75, 3.05) is 19.6 Å². The van der Waals surface area contributed by atoms with Crippen LogP contribution in [0, 0.1) is 0 Å². The summed E-state index contributed by atoms with van der Waals surface area (Å²) in [5.74, 6) is 0.996. The molecule has 162 valence electrons. The van der Waals surface area contributed by atoms with Gasteiger partial charge in [-0.2, -0.15) is 0 Å². The molecule has 0 saturated carbocycles. The lowest BCUT2D eigenvalue weighted by Crippen LogP contribution is -2.34. The second kappa shape index (κ2) is 8.71. The Morgan fingerprint density at radius 3 is 2.65 bits per heavy atom. The summed E-state index contributed by atoms with van der Waals surface area (Å²) in [5, 5.41) is 3.50. The molecule has 3 aliphatic heterocycles. The minimum Gasteiger partial charge on any atom is -0.489 e. The van der Waals surface area contributed by atoms with E-state index in [1.54, 1.807) is 4.90 Å². The van der Waals surface area contributed by atoms with Crippen LogP contribution in [0.25, 0.3) is 0 Å². The van der Waals surface area contributed by atoms with E-state index in [0.717, 1.165) is 50.1 Å². The molecule has 1 N–H and O–H groups in total. The number of hydrogen-bond acceptors (Lipinski definition) is 4. The average molecular weight is 420 g/mol. The molecule has 0 bridgehead atoms. The number of urea groups is 1. The monoisotopic (exact) mass is 419 g/mol. The summed E-state index contributed by atoms with van der Waals surface area (Å²) in [6.45, 7) is 2.79. The number of para-hydroxylation sites is 1. The van der Waals surface area contributed by atoms with Gasteiger partial charge in [-0.15, -0.1) is 0 Å². The van der Waals surface area contributed by atoms with Gasteiger partial charge in [0.15, 0.2) is 0 Å². The maximum Gasteiger partial charge on any atom is 0.327 e. The van der Waals surface area contributed by atoms with Crippen LogP contribution in [0.1, 0.15) is 36.0 Å². The molecule has 3 amide bonds. The summed E-state index contributed by atoms with van der Waals surface area (Å²) in [5.41, 5.74) is 3.66. The third-order valence-electron chi connectivity index (χ3n) is 6.63. The molecule has 5 rings (SSSR count). The highest BCUT2D eigenvalue weighted by atomic mass is 16.5. The van der Waals surface area contributed by atoms with E-state index in [1.807, 2.05) is 12.1 Å². The summed E-state index contributed by atoms with van der Waals surface area (Å²) >= 11 is 0. The third-order valence-corrected chi connectivity index (χ3v) is 6.63. The van der Waals surface area contributed by atoms with E-state index < -0.39 is 0 Å². The number of fused-ring (bicyclic) bond motifs is 2. The van der Waals surface area contributed by atoms with Crippen molar-refractivity contribution < 1.29 is 14.3 Å². The van der Waals surface area contributed by atoms with Crippen molar-refractivity contribution in [2.24, 2.45) is 0 Å². The number of nitrogens with one attached hydrogen (secondary N) is 1. The number of benzene rings is 2. The lowest BCUT2D eigenvalue weighted by atomic mass is 10.0. The second-order valence-corrected chi connectivity index (χ2v) is 8.71. The number of rotatable bonds is 7. The molecule has 0 spiro atoms. The zero-order chi connectivity index (χ0) is 21.2. The molecule has 6 nitrogen and oxygen atoms in total. The maximum atomic E-state index is 12.4. The minimum absolute atomic E-state index is 0.0177. The van der Waals surface area contributed by atoms with Gasteiger partial charge in [0, 0.05) is 26.2 Å². The van der Waals surface area contributed by atoms with Gasteiger partial charge in [0.2, 0.25) is 0 Å². The Morgan fingerprint density at radius 1 is 1.00 bits per heavy atom. The number of carbonyl (C=O) groups is 2. The Labute approximate surface area is 183 Å². The SMILES string of the molecule is O=C1C2CCCN2C(=O)N1CCc1ccc(CNCC2CCc3ccccc3O2)cc1. The fourth-order valence-electron chi connectivity index (χ4n) is 4.85. The van der Waals surface area contributed by atoms with Crippen molar-refractivity contribution in [1.29, 1.82) is 0 Å². The molecular weight excluding hydrogens is 390 g/mol. The number of imide groups is 1. The number of hydrogen-bond donors (Lipinski definition) is 1. The van der Waals surface area contributed by atoms with Gasteiger partial charge in [-0.05, 0) is 54.9 Å². The Balaban J connectivity index is 1.07. The standard InChI is InChI=1S/C25H29N3O3/c29-24-22-5-3-14-27(22)25(30)28(24)15-13-18-7-9-19(10-8-18)16-26-17-21-12-11-20-4-1-2-6-23(20)31-21/h1-2,4,6-10,21-22,26H,3,5,11-17H2. The fourth-order valence-corrected chi connectivity index (χ4v) is 4.85. The van der Waals surface area contributed by atoms with E-state index in [1.165, 1.54) is 16.0 Å². The third kappa shape index (κ3) is 4.17. The summed E-state index contributed by atoms with van der Waals surface area (Å²) in [4.78, 5) is 28.0. The van der Waals surface area contributed by atoms with Gasteiger partial charge in [-0.25, -0.2) is 4.79 Å². The number of carbonyl (C=O) groups excluding carboxylic acids is 2. The molecule has 0 aliphatic carbocycles. The Kier molecular flexibility index (Phi) is 5.64. The van der Waals surface area contributed by atoms with Crippen LogP contribution >= 0.6 is 0 Å². The van der Waals surface area contributed by atoms with E-state index in [0.29, 0.717) is 19.5 Å². The molecular formula is C25H29N3O3. The van der Waals surface area contributed by atoms with E-state index in [2.05, 4.69) is 41.7 Å². The van der Waals surface area contributed by atoms with Crippen LogP contribution in [0.3, 0.4) is 0 Å². The smallest absolute Gasteiger partial charge is 0.327 e. The minimum atomic E-state index is -0.206. The Morgan fingerprint density at radius 2 is 1.81 bits per heavy atom. The summed E-state index contributed by atoms with van der Waals surface area (Å²) in [6.07, 6.45) is 4.75. The van der Waals surface area contributed by atoms with Gasteiger partial charge in [0.05, 0.1) is 0 Å². The molecule has 6 heteroatoms. The molecule has 2 atom stereocenters. The van der Waals surface area contributed by atoms with E-state index >= 15 is 0 Å². The lowest BCUT2D eigenvalue weighted by molar-refractivity contribution is -0.127. The number of nitrogens with zero attached hydrogens (tertiary/aromatic N) is 2. The van der Waals surface area contributed by atoms with E-state index in [9.17, 15) is 9.59 Å². The predicted molar refractivity (Wildman–Crippen MR) is 118 cm³/mol. The maximum absolute atomic E-state index is 12.4. The van der Waals surface area contributed by atoms with Crippen LogP contribution in [-0.2, 0) is 24.2 Å².